The van der Waals surface area contributed by atoms with Crippen molar-refractivity contribution in [3.05, 3.63) is 23.8 Å². The highest BCUT2D eigenvalue weighted by atomic mass is 32.2. The van der Waals surface area contributed by atoms with Gasteiger partial charge in [-0.1, -0.05) is 0 Å². The molecule has 0 fully saturated rings. The molecule has 1 aromatic rings. The first kappa shape index (κ1) is 17.3. The Kier molecular flexibility index (Phi) is 4.93. The molecule has 1 amide bonds. The van der Waals surface area contributed by atoms with Crippen LogP contribution in [0.25, 0.3) is 0 Å². The number of likely N-dealkylation sites (N-methyl/N-ethyl adjacent to an activating group) is 1. The molecule has 1 unspecified atom stereocenters. The van der Waals surface area contributed by atoms with Crippen LogP contribution in [0.2, 0.25) is 0 Å². The number of hydrogen-bond donors (Lipinski definition) is 0. The quantitative estimate of drug-likeness (QED) is 0.714. The van der Waals surface area contributed by atoms with Crippen LogP contribution < -0.4 is 9.47 Å². The molecule has 0 aliphatic carbocycles. The summed E-state index contributed by atoms with van der Waals surface area (Å²) >= 11 is 0. The second-order valence-corrected chi connectivity index (χ2v) is 7.75. The molecule has 0 saturated carbocycles. The fraction of sp³-hybridized carbons (Fsp3) is 0.467. The monoisotopic (exact) mass is 341 g/mol. The van der Waals surface area contributed by atoms with Crippen LogP contribution in [-0.4, -0.2) is 56.9 Å². The Hall–Kier alpha value is -2.09. The van der Waals surface area contributed by atoms with E-state index in [0.29, 0.717) is 17.1 Å². The van der Waals surface area contributed by atoms with Gasteiger partial charge in [0.25, 0.3) is 0 Å². The normalized spacial score (nSPS) is 14.4. The third kappa shape index (κ3) is 4.22. The van der Waals surface area contributed by atoms with E-state index in [1.807, 2.05) is 0 Å². The average molecular weight is 341 g/mol. The topological polar surface area (TPSA) is 90.0 Å². The number of rotatable bonds is 6. The maximum absolute atomic E-state index is 12.5. The van der Waals surface area contributed by atoms with Crippen molar-refractivity contribution in [2.45, 2.75) is 19.4 Å². The molecule has 1 aliphatic heterocycles. The molecule has 1 atom stereocenters. The summed E-state index contributed by atoms with van der Waals surface area (Å²) in [4.78, 5) is 25.8. The largest absolute Gasteiger partial charge is 0.454 e. The Morgan fingerprint density at radius 2 is 1.91 bits per heavy atom. The lowest BCUT2D eigenvalue weighted by Gasteiger charge is -2.24. The summed E-state index contributed by atoms with van der Waals surface area (Å²) < 4.78 is 32.7. The second kappa shape index (κ2) is 6.57. The smallest absolute Gasteiger partial charge is 0.231 e. The van der Waals surface area contributed by atoms with Crippen LogP contribution in [0.4, 0.5) is 0 Å². The number of carbonyl (C=O) groups excluding carboxylic acids is 2. The summed E-state index contributed by atoms with van der Waals surface area (Å²) in [5.74, 6) is 0.192. The van der Waals surface area contributed by atoms with E-state index in [2.05, 4.69) is 0 Å². The van der Waals surface area contributed by atoms with Crippen LogP contribution in [0.5, 0.6) is 11.5 Å². The molecule has 0 spiro atoms. The first-order chi connectivity index (χ1) is 10.7. The fourth-order valence-electron chi connectivity index (χ4n) is 2.13. The minimum atomic E-state index is -3.22. The lowest BCUT2D eigenvalue weighted by Crippen LogP contribution is -2.40. The molecule has 1 aliphatic rings. The van der Waals surface area contributed by atoms with Gasteiger partial charge in [-0.3, -0.25) is 9.59 Å². The number of sulfone groups is 1. The number of ether oxygens (including phenoxy) is 2. The minimum Gasteiger partial charge on any atom is -0.454 e. The second-order valence-electron chi connectivity index (χ2n) is 5.49. The molecule has 2 rings (SSSR count). The van der Waals surface area contributed by atoms with Gasteiger partial charge < -0.3 is 14.4 Å². The number of Topliss-reactive ketones (excluding diaryl/α,β-unsaturated/α-hetero) is 1. The molecule has 0 N–H and O–H groups in total. The van der Waals surface area contributed by atoms with Crippen molar-refractivity contribution in [2.75, 3.05) is 25.8 Å². The Morgan fingerprint density at radius 3 is 2.57 bits per heavy atom. The van der Waals surface area contributed by atoms with Gasteiger partial charge in [0.1, 0.15) is 9.84 Å². The van der Waals surface area contributed by atoms with Crippen molar-refractivity contribution < 1.29 is 27.5 Å². The van der Waals surface area contributed by atoms with Gasteiger partial charge >= 0.3 is 0 Å². The molecule has 1 aromatic carbocycles. The molecular formula is C15H19NO6S. The number of benzene rings is 1. The van der Waals surface area contributed by atoms with E-state index in [4.69, 9.17) is 9.47 Å². The Labute approximate surface area is 135 Å². The van der Waals surface area contributed by atoms with Gasteiger partial charge in [-0.05, 0) is 25.1 Å². The Balaban J connectivity index is 2.05. The summed E-state index contributed by atoms with van der Waals surface area (Å²) in [7, 11) is -1.73. The predicted octanol–water partition coefficient (Wildman–Crippen LogP) is 0.880. The van der Waals surface area contributed by atoms with Gasteiger partial charge in [0.15, 0.2) is 17.3 Å². The zero-order valence-electron chi connectivity index (χ0n) is 13.2. The molecule has 1 heterocycles. The third-order valence-electron chi connectivity index (χ3n) is 3.70. The Morgan fingerprint density at radius 1 is 1.26 bits per heavy atom. The first-order valence-corrected chi connectivity index (χ1v) is 9.12. The van der Waals surface area contributed by atoms with Crippen LogP contribution in [0.3, 0.4) is 0 Å². The molecule has 0 radical (unpaired) electrons. The summed E-state index contributed by atoms with van der Waals surface area (Å²) in [5.41, 5.74) is 0.407. The zero-order valence-corrected chi connectivity index (χ0v) is 14.1. The van der Waals surface area contributed by atoms with Gasteiger partial charge in [-0.25, -0.2) is 8.42 Å². The van der Waals surface area contributed by atoms with Crippen LogP contribution in [-0.2, 0) is 14.6 Å². The van der Waals surface area contributed by atoms with E-state index < -0.39 is 21.8 Å². The number of fused-ring (bicyclic) bond motifs is 1. The average Bonchev–Trinajstić information content (AvgIpc) is 2.97. The molecule has 8 heteroatoms. The number of carbonyl (C=O) groups is 2. The van der Waals surface area contributed by atoms with E-state index >= 15 is 0 Å². The maximum Gasteiger partial charge on any atom is 0.231 e. The maximum atomic E-state index is 12.5. The molecule has 0 aromatic heterocycles. The summed E-state index contributed by atoms with van der Waals surface area (Å²) in [5, 5.41) is 0. The van der Waals surface area contributed by atoms with Crippen molar-refractivity contribution in [1.82, 2.24) is 4.90 Å². The SMILES string of the molecule is CC(C(=O)c1ccc2c(c1)OCO2)N(C)C(=O)CCS(C)(=O)=O. The first-order valence-electron chi connectivity index (χ1n) is 7.06. The van der Waals surface area contributed by atoms with E-state index in [9.17, 15) is 18.0 Å². The molecule has 7 nitrogen and oxygen atoms in total. The van der Waals surface area contributed by atoms with E-state index in [0.717, 1.165) is 6.26 Å². The van der Waals surface area contributed by atoms with Crippen LogP contribution in [0.1, 0.15) is 23.7 Å². The van der Waals surface area contributed by atoms with Crippen LogP contribution in [0.15, 0.2) is 18.2 Å². The molecular weight excluding hydrogens is 322 g/mol. The molecule has 0 saturated heterocycles. The lowest BCUT2D eigenvalue weighted by atomic mass is 10.0. The highest BCUT2D eigenvalue weighted by Crippen LogP contribution is 2.32. The summed E-state index contributed by atoms with van der Waals surface area (Å²) in [6, 6.07) is 4.13. The van der Waals surface area contributed by atoms with Crippen LogP contribution in [0, 0.1) is 0 Å². The highest BCUT2D eigenvalue weighted by Gasteiger charge is 2.25. The summed E-state index contributed by atoms with van der Waals surface area (Å²) in [6.45, 7) is 1.72. The standard InChI is InChI=1S/C15H19NO6S/c1-10(16(2)14(17)6-7-23(3,19)20)15(18)11-4-5-12-13(8-11)22-9-21-12/h4-5,8,10H,6-7,9H2,1-3H3. The van der Waals surface area contributed by atoms with Crippen molar-refractivity contribution in [2.24, 2.45) is 0 Å². The predicted molar refractivity (Wildman–Crippen MR) is 83.5 cm³/mol. The molecule has 23 heavy (non-hydrogen) atoms. The van der Waals surface area contributed by atoms with E-state index in [-0.39, 0.29) is 24.7 Å². The number of ketones is 1. The van der Waals surface area contributed by atoms with Crippen molar-refractivity contribution >= 4 is 21.5 Å². The van der Waals surface area contributed by atoms with Crippen molar-refractivity contribution in [3.63, 3.8) is 0 Å². The number of amides is 1. The van der Waals surface area contributed by atoms with Gasteiger partial charge in [-0.2, -0.15) is 0 Å². The van der Waals surface area contributed by atoms with Crippen molar-refractivity contribution in [1.29, 1.82) is 0 Å². The molecule has 126 valence electrons. The van der Waals surface area contributed by atoms with Crippen molar-refractivity contribution in [3.8, 4) is 11.5 Å². The number of nitrogens with zero attached hydrogens (tertiary/aromatic N) is 1. The minimum absolute atomic E-state index is 0.117. The third-order valence-corrected chi connectivity index (χ3v) is 4.64. The number of hydrogen-bond acceptors (Lipinski definition) is 6. The van der Waals surface area contributed by atoms with E-state index in [1.165, 1.54) is 11.9 Å². The van der Waals surface area contributed by atoms with E-state index in [1.54, 1.807) is 25.1 Å². The van der Waals surface area contributed by atoms with Gasteiger partial charge in [-0.15, -0.1) is 0 Å². The lowest BCUT2D eigenvalue weighted by molar-refractivity contribution is -0.130. The summed E-state index contributed by atoms with van der Waals surface area (Å²) in [6.07, 6.45) is 0.926. The van der Waals surface area contributed by atoms with Gasteiger partial charge in [0, 0.05) is 25.3 Å². The van der Waals surface area contributed by atoms with Crippen LogP contribution >= 0.6 is 0 Å². The molecule has 0 bridgehead atoms. The zero-order chi connectivity index (χ0) is 17.2. The van der Waals surface area contributed by atoms with Gasteiger partial charge in [0.05, 0.1) is 11.8 Å². The highest BCUT2D eigenvalue weighted by molar-refractivity contribution is 7.90. The Bertz CT molecular complexity index is 727. The van der Waals surface area contributed by atoms with Gasteiger partial charge in [0.2, 0.25) is 12.7 Å². The fourth-order valence-corrected chi connectivity index (χ4v) is 2.68.